The smallest absolute Gasteiger partial charge is 0.305 e. The molecule has 0 aliphatic heterocycles. The summed E-state index contributed by atoms with van der Waals surface area (Å²) in [7, 11) is -2.12. The van der Waals surface area contributed by atoms with E-state index in [4.69, 9.17) is 4.74 Å². The number of amides is 1. The van der Waals surface area contributed by atoms with Crippen molar-refractivity contribution in [2.24, 2.45) is 0 Å². The molecular formula is C23H26N4O5S. The van der Waals surface area contributed by atoms with E-state index in [0.717, 1.165) is 28.9 Å². The van der Waals surface area contributed by atoms with E-state index in [1.54, 1.807) is 53.2 Å². The summed E-state index contributed by atoms with van der Waals surface area (Å²) in [5, 5.41) is 7.30. The third-order valence-corrected chi connectivity index (χ3v) is 5.68. The number of methoxy groups -OCH3 is 1. The normalized spacial score (nSPS) is 11.2. The summed E-state index contributed by atoms with van der Waals surface area (Å²) in [5.74, 6) is -0.651. The second-order valence-electron chi connectivity index (χ2n) is 7.56. The molecule has 2 N–H and O–H groups in total. The third kappa shape index (κ3) is 5.98. The topological polar surface area (TPSA) is 119 Å². The summed E-state index contributed by atoms with van der Waals surface area (Å²) < 4.78 is 32.0. The molecule has 10 heteroatoms. The largest absolute Gasteiger partial charge is 0.469 e. The van der Waals surface area contributed by atoms with Gasteiger partial charge in [0.1, 0.15) is 0 Å². The van der Waals surface area contributed by atoms with Gasteiger partial charge in [0.25, 0.3) is 5.91 Å². The van der Waals surface area contributed by atoms with Crippen molar-refractivity contribution in [2.45, 2.75) is 26.7 Å². The minimum atomic E-state index is -3.49. The Morgan fingerprint density at radius 1 is 1.03 bits per heavy atom. The van der Waals surface area contributed by atoms with Crippen LogP contribution < -0.4 is 10.0 Å². The number of aryl methyl sites for hydroxylation is 1. The Bertz CT molecular complexity index is 1280. The molecular weight excluding hydrogens is 444 g/mol. The summed E-state index contributed by atoms with van der Waals surface area (Å²) >= 11 is 0. The summed E-state index contributed by atoms with van der Waals surface area (Å²) in [6.45, 7) is 3.82. The van der Waals surface area contributed by atoms with Gasteiger partial charge in [0.15, 0.2) is 0 Å². The number of nitrogens with zero attached hydrogens (tertiary/aromatic N) is 2. The molecule has 1 amide bonds. The highest BCUT2D eigenvalue weighted by Crippen LogP contribution is 2.24. The fourth-order valence-corrected chi connectivity index (χ4v) is 4.02. The zero-order chi connectivity index (χ0) is 24.2. The van der Waals surface area contributed by atoms with Crippen molar-refractivity contribution < 1.29 is 22.7 Å². The molecule has 3 rings (SSSR count). The maximum Gasteiger partial charge on any atom is 0.305 e. The van der Waals surface area contributed by atoms with Crippen LogP contribution in [0.5, 0.6) is 0 Å². The van der Waals surface area contributed by atoms with Gasteiger partial charge < -0.3 is 10.1 Å². The molecule has 0 fully saturated rings. The summed E-state index contributed by atoms with van der Waals surface area (Å²) in [5.41, 5.74) is 4.54. The number of ether oxygens (including phenoxy) is 1. The van der Waals surface area contributed by atoms with Gasteiger partial charge in [0.05, 0.1) is 36.1 Å². The van der Waals surface area contributed by atoms with E-state index in [1.807, 2.05) is 13.8 Å². The fourth-order valence-electron chi connectivity index (χ4n) is 3.45. The maximum absolute atomic E-state index is 12.7. The van der Waals surface area contributed by atoms with Gasteiger partial charge >= 0.3 is 5.97 Å². The molecule has 0 saturated carbocycles. The van der Waals surface area contributed by atoms with Crippen LogP contribution in [-0.2, 0) is 26.0 Å². The lowest BCUT2D eigenvalue weighted by Gasteiger charge is -2.12. The van der Waals surface area contributed by atoms with Crippen LogP contribution in [0.1, 0.15) is 33.7 Å². The van der Waals surface area contributed by atoms with E-state index in [1.165, 1.54) is 7.11 Å². The molecule has 0 bridgehead atoms. The zero-order valence-corrected chi connectivity index (χ0v) is 19.7. The number of rotatable bonds is 8. The molecule has 0 saturated heterocycles. The summed E-state index contributed by atoms with van der Waals surface area (Å²) in [6, 6.07) is 13.5. The summed E-state index contributed by atoms with van der Waals surface area (Å²) in [6.07, 6.45) is 1.86. The Kier molecular flexibility index (Phi) is 7.17. The molecule has 3 aromatic rings. The van der Waals surface area contributed by atoms with Crippen molar-refractivity contribution >= 4 is 33.3 Å². The molecule has 1 aromatic heterocycles. The first kappa shape index (κ1) is 24.0. The Hall–Kier alpha value is -3.66. The SMILES string of the molecule is COC(=O)CCc1c(C)nn(-c2ccc(C(=O)Nc3ccccc3NS(C)(=O)=O)cc2)c1C. The number of aromatic nitrogens is 2. The van der Waals surface area contributed by atoms with Gasteiger partial charge in [-0.1, -0.05) is 12.1 Å². The van der Waals surface area contributed by atoms with Crippen LogP contribution in [0.2, 0.25) is 0 Å². The standard InChI is InChI=1S/C23H26N4O5S/c1-15-19(13-14-22(28)32-3)16(2)27(25-15)18-11-9-17(10-12-18)23(29)24-20-7-5-6-8-21(20)26-33(4,30)31/h5-12,26H,13-14H2,1-4H3,(H,24,29). The lowest BCUT2D eigenvalue weighted by Crippen LogP contribution is -2.16. The molecule has 0 unspecified atom stereocenters. The molecule has 0 spiro atoms. The molecule has 0 atom stereocenters. The van der Waals surface area contributed by atoms with Crippen LogP contribution in [0.15, 0.2) is 48.5 Å². The highest BCUT2D eigenvalue weighted by atomic mass is 32.2. The van der Waals surface area contributed by atoms with Gasteiger partial charge in [0.2, 0.25) is 10.0 Å². The van der Waals surface area contributed by atoms with Crippen LogP contribution >= 0.6 is 0 Å². The second kappa shape index (κ2) is 9.86. The number of hydrogen-bond donors (Lipinski definition) is 2. The summed E-state index contributed by atoms with van der Waals surface area (Å²) in [4.78, 5) is 24.2. The van der Waals surface area contributed by atoms with Crippen LogP contribution in [0.3, 0.4) is 0 Å². The highest BCUT2D eigenvalue weighted by molar-refractivity contribution is 7.92. The minimum Gasteiger partial charge on any atom is -0.469 e. The number of para-hydroxylation sites is 2. The zero-order valence-electron chi connectivity index (χ0n) is 18.9. The van der Waals surface area contributed by atoms with Crippen LogP contribution in [0.4, 0.5) is 11.4 Å². The fraction of sp³-hybridized carbons (Fsp3) is 0.261. The van der Waals surface area contributed by atoms with Gasteiger partial charge in [-0.2, -0.15) is 5.10 Å². The molecule has 2 aromatic carbocycles. The third-order valence-electron chi connectivity index (χ3n) is 5.09. The Morgan fingerprint density at radius 3 is 2.27 bits per heavy atom. The minimum absolute atomic E-state index is 0.273. The van der Waals surface area contributed by atoms with Gasteiger partial charge in [-0.3, -0.25) is 14.3 Å². The molecule has 1 heterocycles. The predicted octanol–water partition coefficient (Wildman–Crippen LogP) is 3.22. The number of esters is 1. The number of hydrogen-bond acceptors (Lipinski definition) is 6. The molecule has 9 nitrogen and oxygen atoms in total. The molecule has 0 aliphatic rings. The van der Waals surface area contributed by atoms with E-state index in [9.17, 15) is 18.0 Å². The monoisotopic (exact) mass is 470 g/mol. The first-order valence-electron chi connectivity index (χ1n) is 10.2. The second-order valence-corrected chi connectivity index (χ2v) is 9.31. The molecule has 0 radical (unpaired) electrons. The first-order chi connectivity index (χ1) is 15.6. The van der Waals surface area contributed by atoms with Crippen molar-refractivity contribution in [3.05, 3.63) is 71.0 Å². The van der Waals surface area contributed by atoms with Crippen LogP contribution in [-0.4, -0.2) is 43.4 Å². The van der Waals surface area contributed by atoms with Gasteiger partial charge in [0, 0.05) is 17.7 Å². The van der Waals surface area contributed by atoms with Crippen molar-refractivity contribution in [2.75, 3.05) is 23.4 Å². The number of nitrogens with one attached hydrogen (secondary N) is 2. The van der Waals surface area contributed by atoms with E-state index in [-0.39, 0.29) is 24.0 Å². The molecule has 174 valence electrons. The average molecular weight is 471 g/mol. The number of sulfonamides is 1. The van der Waals surface area contributed by atoms with E-state index >= 15 is 0 Å². The van der Waals surface area contributed by atoms with Crippen molar-refractivity contribution in [1.82, 2.24) is 9.78 Å². The maximum atomic E-state index is 12.7. The molecule has 33 heavy (non-hydrogen) atoms. The van der Waals surface area contributed by atoms with Crippen molar-refractivity contribution in [1.29, 1.82) is 0 Å². The lowest BCUT2D eigenvalue weighted by atomic mass is 10.1. The van der Waals surface area contributed by atoms with Gasteiger partial charge in [-0.25, -0.2) is 13.1 Å². The number of anilines is 2. The highest BCUT2D eigenvalue weighted by Gasteiger charge is 2.16. The lowest BCUT2D eigenvalue weighted by molar-refractivity contribution is -0.140. The predicted molar refractivity (Wildman–Crippen MR) is 126 cm³/mol. The average Bonchev–Trinajstić information content (AvgIpc) is 3.05. The Morgan fingerprint density at radius 2 is 1.67 bits per heavy atom. The molecule has 0 aliphatic carbocycles. The van der Waals surface area contributed by atoms with Crippen LogP contribution in [0, 0.1) is 13.8 Å². The number of benzene rings is 2. The van der Waals surface area contributed by atoms with Crippen molar-refractivity contribution in [3.63, 3.8) is 0 Å². The van der Waals surface area contributed by atoms with Gasteiger partial charge in [-0.15, -0.1) is 0 Å². The first-order valence-corrected chi connectivity index (χ1v) is 12.1. The van der Waals surface area contributed by atoms with E-state index in [0.29, 0.717) is 17.7 Å². The quantitative estimate of drug-likeness (QED) is 0.488. The van der Waals surface area contributed by atoms with E-state index < -0.39 is 10.0 Å². The van der Waals surface area contributed by atoms with Gasteiger partial charge in [-0.05, 0) is 62.2 Å². The Balaban J connectivity index is 1.78. The number of carbonyl (C=O) groups excluding carboxylic acids is 2. The van der Waals surface area contributed by atoms with E-state index in [2.05, 4.69) is 15.1 Å². The van der Waals surface area contributed by atoms with Crippen molar-refractivity contribution in [3.8, 4) is 5.69 Å². The number of carbonyl (C=O) groups is 2. The van der Waals surface area contributed by atoms with Crippen LogP contribution in [0.25, 0.3) is 5.69 Å². The Labute approximate surface area is 192 Å².